The minimum absolute atomic E-state index is 0.663. The number of hydrogen-bond acceptors (Lipinski definition) is 4. The van der Waals surface area contributed by atoms with Crippen molar-refractivity contribution in [1.82, 2.24) is 9.88 Å². The van der Waals surface area contributed by atoms with E-state index in [1.165, 1.54) is 32.2 Å². The molecule has 0 radical (unpaired) electrons. The summed E-state index contributed by atoms with van der Waals surface area (Å²) in [5.74, 6) is 0.663. The minimum Gasteiger partial charge on any atom is -0.478 e. The number of rotatable bonds is 7. The monoisotopic (exact) mass is 249 g/mol. The zero-order valence-corrected chi connectivity index (χ0v) is 11.1. The van der Waals surface area contributed by atoms with Gasteiger partial charge in [0.05, 0.1) is 18.5 Å². The van der Waals surface area contributed by atoms with Crippen LogP contribution in [0, 0.1) is 0 Å². The third-order valence-corrected chi connectivity index (χ3v) is 3.61. The fourth-order valence-corrected chi connectivity index (χ4v) is 2.13. The zero-order valence-electron chi connectivity index (χ0n) is 11.1. The molecule has 4 heteroatoms. The van der Waals surface area contributed by atoms with Crippen molar-refractivity contribution in [3.8, 4) is 5.88 Å². The standard InChI is InChI=1S/C14H23N3O/c1-17(13-5-4-6-13)9-2-3-10-18-14-8-7-12(15)11-16-14/h7-8,11,13H,2-6,9-10,15H2,1H3. The number of hydrogen-bond donors (Lipinski definition) is 1. The molecule has 2 rings (SSSR count). The maximum Gasteiger partial charge on any atom is 0.213 e. The molecule has 18 heavy (non-hydrogen) atoms. The number of unbranched alkanes of at least 4 members (excludes halogenated alkanes) is 1. The van der Waals surface area contributed by atoms with Crippen molar-refractivity contribution >= 4 is 5.69 Å². The number of pyridine rings is 1. The van der Waals surface area contributed by atoms with E-state index >= 15 is 0 Å². The topological polar surface area (TPSA) is 51.4 Å². The van der Waals surface area contributed by atoms with Gasteiger partial charge in [-0.25, -0.2) is 4.98 Å². The Morgan fingerprint density at radius 1 is 1.39 bits per heavy atom. The molecular weight excluding hydrogens is 226 g/mol. The summed E-state index contributed by atoms with van der Waals surface area (Å²) in [6.07, 6.45) is 8.04. The lowest BCUT2D eigenvalue weighted by Crippen LogP contribution is -2.37. The van der Waals surface area contributed by atoms with Crippen molar-refractivity contribution in [2.24, 2.45) is 0 Å². The molecule has 2 N–H and O–H groups in total. The fourth-order valence-electron chi connectivity index (χ4n) is 2.13. The summed E-state index contributed by atoms with van der Waals surface area (Å²) in [6.45, 7) is 1.90. The number of nitrogens with two attached hydrogens (primary N) is 1. The average Bonchev–Trinajstić information content (AvgIpc) is 2.29. The highest BCUT2D eigenvalue weighted by Crippen LogP contribution is 2.23. The largest absolute Gasteiger partial charge is 0.478 e. The molecule has 4 nitrogen and oxygen atoms in total. The summed E-state index contributed by atoms with van der Waals surface area (Å²) < 4.78 is 5.56. The van der Waals surface area contributed by atoms with Crippen LogP contribution in [0.1, 0.15) is 32.1 Å². The molecule has 0 aliphatic heterocycles. The molecule has 1 aromatic rings. The predicted octanol–water partition coefficient (Wildman–Crippen LogP) is 2.31. The van der Waals surface area contributed by atoms with Gasteiger partial charge in [0, 0.05) is 12.1 Å². The highest BCUT2D eigenvalue weighted by atomic mass is 16.5. The Morgan fingerprint density at radius 2 is 2.22 bits per heavy atom. The van der Waals surface area contributed by atoms with Gasteiger partial charge in [-0.1, -0.05) is 6.42 Å². The van der Waals surface area contributed by atoms with Gasteiger partial charge >= 0.3 is 0 Å². The van der Waals surface area contributed by atoms with Gasteiger partial charge in [0.2, 0.25) is 5.88 Å². The predicted molar refractivity (Wildman–Crippen MR) is 73.6 cm³/mol. The van der Waals surface area contributed by atoms with Crippen molar-refractivity contribution in [2.45, 2.75) is 38.1 Å². The second kappa shape index (κ2) is 6.59. The van der Waals surface area contributed by atoms with Crippen LogP contribution >= 0.6 is 0 Å². The van der Waals surface area contributed by atoms with Crippen molar-refractivity contribution in [3.63, 3.8) is 0 Å². The number of nitrogen functional groups attached to an aromatic ring is 1. The second-order valence-electron chi connectivity index (χ2n) is 5.05. The van der Waals surface area contributed by atoms with E-state index in [1.807, 2.05) is 12.1 Å². The maximum atomic E-state index is 5.56. The molecule has 1 aromatic heterocycles. The second-order valence-corrected chi connectivity index (χ2v) is 5.05. The average molecular weight is 249 g/mol. The van der Waals surface area contributed by atoms with Crippen molar-refractivity contribution < 1.29 is 4.74 Å². The molecule has 0 saturated heterocycles. The number of nitrogens with zero attached hydrogens (tertiary/aromatic N) is 2. The first-order valence-electron chi connectivity index (χ1n) is 6.80. The molecule has 1 saturated carbocycles. The molecule has 0 aromatic carbocycles. The van der Waals surface area contributed by atoms with Gasteiger partial charge in [-0.15, -0.1) is 0 Å². The van der Waals surface area contributed by atoms with Gasteiger partial charge in [0.25, 0.3) is 0 Å². The highest BCUT2D eigenvalue weighted by Gasteiger charge is 2.20. The van der Waals surface area contributed by atoms with Crippen LogP contribution < -0.4 is 10.5 Å². The SMILES string of the molecule is CN(CCCCOc1ccc(N)cn1)C1CCC1. The van der Waals surface area contributed by atoms with Crippen LogP contribution in [-0.2, 0) is 0 Å². The first-order valence-corrected chi connectivity index (χ1v) is 6.80. The van der Waals surface area contributed by atoms with E-state index in [0.29, 0.717) is 11.6 Å². The lowest BCUT2D eigenvalue weighted by atomic mass is 9.92. The van der Waals surface area contributed by atoms with Crippen LogP contribution in [-0.4, -0.2) is 36.1 Å². The summed E-state index contributed by atoms with van der Waals surface area (Å²) in [5.41, 5.74) is 6.23. The summed E-state index contributed by atoms with van der Waals surface area (Å²) in [4.78, 5) is 6.58. The van der Waals surface area contributed by atoms with E-state index in [-0.39, 0.29) is 0 Å². The van der Waals surface area contributed by atoms with Crippen LogP contribution in [0.25, 0.3) is 0 Å². The van der Waals surface area contributed by atoms with E-state index in [4.69, 9.17) is 10.5 Å². The third kappa shape index (κ3) is 3.88. The molecule has 1 aliphatic carbocycles. The van der Waals surface area contributed by atoms with Gasteiger partial charge in [-0.05, 0) is 45.3 Å². The van der Waals surface area contributed by atoms with E-state index < -0.39 is 0 Å². The summed E-state index contributed by atoms with van der Waals surface area (Å²) >= 11 is 0. The Balaban J connectivity index is 1.54. The number of aromatic nitrogens is 1. The molecule has 0 amide bonds. The summed E-state index contributed by atoms with van der Waals surface area (Å²) in [7, 11) is 2.23. The highest BCUT2D eigenvalue weighted by molar-refractivity contribution is 5.35. The molecule has 100 valence electrons. The van der Waals surface area contributed by atoms with Crippen molar-refractivity contribution in [2.75, 3.05) is 25.9 Å². The fraction of sp³-hybridized carbons (Fsp3) is 0.643. The molecule has 0 unspecified atom stereocenters. The Kier molecular flexibility index (Phi) is 4.81. The number of ether oxygens (including phenoxy) is 1. The van der Waals surface area contributed by atoms with Crippen LogP contribution in [0.4, 0.5) is 5.69 Å². The Hall–Kier alpha value is -1.29. The zero-order chi connectivity index (χ0) is 12.8. The smallest absolute Gasteiger partial charge is 0.213 e. The van der Waals surface area contributed by atoms with E-state index in [1.54, 1.807) is 6.20 Å². The van der Waals surface area contributed by atoms with Crippen LogP contribution in [0.2, 0.25) is 0 Å². The Morgan fingerprint density at radius 3 is 2.83 bits per heavy atom. The van der Waals surface area contributed by atoms with E-state index in [9.17, 15) is 0 Å². The molecule has 1 aliphatic rings. The Bertz CT molecular complexity index is 349. The normalized spacial score (nSPS) is 15.7. The maximum absolute atomic E-state index is 5.56. The van der Waals surface area contributed by atoms with Crippen molar-refractivity contribution in [3.05, 3.63) is 18.3 Å². The molecule has 0 spiro atoms. The van der Waals surface area contributed by atoms with Crippen LogP contribution in [0.5, 0.6) is 5.88 Å². The van der Waals surface area contributed by atoms with Gasteiger partial charge < -0.3 is 15.4 Å². The van der Waals surface area contributed by atoms with Crippen molar-refractivity contribution in [1.29, 1.82) is 0 Å². The molecule has 0 bridgehead atoms. The van der Waals surface area contributed by atoms with Crippen LogP contribution in [0.3, 0.4) is 0 Å². The van der Waals surface area contributed by atoms with E-state index in [2.05, 4.69) is 16.9 Å². The lowest BCUT2D eigenvalue weighted by molar-refractivity contribution is 0.154. The van der Waals surface area contributed by atoms with Gasteiger partial charge in [-0.3, -0.25) is 0 Å². The summed E-state index contributed by atoms with van der Waals surface area (Å²) in [5, 5.41) is 0. The molecule has 1 fully saturated rings. The molecular formula is C14H23N3O. The van der Waals surface area contributed by atoms with E-state index in [0.717, 1.165) is 19.1 Å². The van der Waals surface area contributed by atoms with Gasteiger partial charge in [-0.2, -0.15) is 0 Å². The van der Waals surface area contributed by atoms with Crippen LogP contribution in [0.15, 0.2) is 18.3 Å². The van der Waals surface area contributed by atoms with Gasteiger partial charge in [0.1, 0.15) is 0 Å². The molecule has 1 heterocycles. The summed E-state index contributed by atoms with van der Waals surface area (Å²) in [6, 6.07) is 4.47. The minimum atomic E-state index is 0.663. The molecule has 0 atom stereocenters. The quantitative estimate of drug-likeness (QED) is 0.753. The number of anilines is 1. The first-order chi connectivity index (χ1) is 8.75. The third-order valence-electron chi connectivity index (χ3n) is 3.61. The Labute approximate surface area is 109 Å². The van der Waals surface area contributed by atoms with Gasteiger partial charge in [0.15, 0.2) is 0 Å². The first kappa shape index (κ1) is 13.1. The lowest BCUT2D eigenvalue weighted by Gasteiger charge is -2.34.